The molecule has 0 unspecified atom stereocenters. The van der Waals surface area contributed by atoms with Crippen LogP contribution in [0.25, 0.3) is 0 Å². The molecule has 0 bridgehead atoms. The summed E-state index contributed by atoms with van der Waals surface area (Å²) in [4.78, 5) is 12.5. The van der Waals surface area contributed by atoms with Crippen LogP contribution < -0.4 is 14.8 Å². The van der Waals surface area contributed by atoms with E-state index in [-0.39, 0.29) is 5.56 Å². The first kappa shape index (κ1) is 16.8. The zero-order valence-corrected chi connectivity index (χ0v) is 13.7. The van der Waals surface area contributed by atoms with Gasteiger partial charge < -0.3 is 14.8 Å². The van der Waals surface area contributed by atoms with Gasteiger partial charge in [-0.05, 0) is 54.8 Å². The Bertz CT molecular complexity index is 842. The summed E-state index contributed by atoms with van der Waals surface area (Å²) in [6.07, 6.45) is -2.89. The van der Waals surface area contributed by atoms with Crippen molar-refractivity contribution in [2.45, 2.75) is 24.6 Å². The third-order valence-corrected chi connectivity index (χ3v) is 4.67. The maximum Gasteiger partial charge on any atom is 0.416 e. The molecule has 0 radical (unpaired) electrons. The van der Waals surface area contributed by atoms with Gasteiger partial charge in [0, 0.05) is 5.56 Å². The number of hydrogen-bond donors (Lipinski definition) is 1. The zero-order chi connectivity index (χ0) is 18.4. The molecule has 1 amide bonds. The predicted molar refractivity (Wildman–Crippen MR) is 87.3 cm³/mol. The summed E-state index contributed by atoms with van der Waals surface area (Å²) < 4.78 is 49.0. The smallest absolute Gasteiger partial charge is 0.416 e. The molecule has 1 fully saturated rings. The SMILES string of the molecule is O=C(NC1(c2ccc3c(c2)OCCO3)CC1)c1ccc(C(F)(F)F)cc1. The van der Waals surface area contributed by atoms with Crippen molar-refractivity contribution in [1.82, 2.24) is 5.32 Å². The van der Waals surface area contributed by atoms with Crippen LogP contribution in [0.1, 0.15) is 34.3 Å². The van der Waals surface area contributed by atoms with E-state index in [0.717, 1.165) is 30.5 Å². The summed E-state index contributed by atoms with van der Waals surface area (Å²) in [7, 11) is 0. The number of benzene rings is 2. The Morgan fingerprint density at radius 2 is 1.62 bits per heavy atom. The Morgan fingerprint density at radius 1 is 0.962 bits per heavy atom. The average Bonchev–Trinajstić information content (AvgIpc) is 3.41. The molecule has 1 N–H and O–H groups in total. The van der Waals surface area contributed by atoms with Gasteiger partial charge >= 0.3 is 6.18 Å². The van der Waals surface area contributed by atoms with Gasteiger partial charge in [-0.25, -0.2) is 0 Å². The van der Waals surface area contributed by atoms with Crippen molar-refractivity contribution in [3.8, 4) is 11.5 Å². The first-order valence-corrected chi connectivity index (χ1v) is 8.27. The van der Waals surface area contributed by atoms with Crippen LogP contribution in [0.5, 0.6) is 11.5 Å². The van der Waals surface area contributed by atoms with Crippen LogP contribution in [0.15, 0.2) is 42.5 Å². The number of ether oxygens (including phenoxy) is 2. The number of fused-ring (bicyclic) bond motifs is 1. The quantitative estimate of drug-likeness (QED) is 0.900. The summed E-state index contributed by atoms with van der Waals surface area (Å²) >= 11 is 0. The minimum atomic E-state index is -4.42. The molecule has 0 spiro atoms. The van der Waals surface area contributed by atoms with Gasteiger partial charge in [-0.3, -0.25) is 4.79 Å². The van der Waals surface area contributed by atoms with Gasteiger partial charge in [-0.15, -0.1) is 0 Å². The number of rotatable bonds is 3. The fourth-order valence-corrected chi connectivity index (χ4v) is 3.05. The van der Waals surface area contributed by atoms with Gasteiger partial charge in [0.1, 0.15) is 13.2 Å². The maximum absolute atomic E-state index is 12.6. The van der Waals surface area contributed by atoms with Gasteiger partial charge in [-0.1, -0.05) is 6.07 Å². The lowest BCUT2D eigenvalue weighted by Gasteiger charge is -2.23. The molecule has 2 aliphatic rings. The van der Waals surface area contributed by atoms with Crippen molar-refractivity contribution >= 4 is 5.91 Å². The van der Waals surface area contributed by atoms with Crippen LogP contribution in [0.4, 0.5) is 13.2 Å². The molecule has 0 aromatic heterocycles. The lowest BCUT2D eigenvalue weighted by Crippen LogP contribution is -2.35. The van der Waals surface area contributed by atoms with Crippen LogP contribution in [-0.4, -0.2) is 19.1 Å². The second-order valence-corrected chi connectivity index (χ2v) is 6.47. The third-order valence-electron chi connectivity index (χ3n) is 4.67. The first-order chi connectivity index (χ1) is 12.4. The molecule has 7 heteroatoms. The Kier molecular flexibility index (Phi) is 3.82. The molecule has 4 rings (SSSR count). The highest BCUT2D eigenvalue weighted by Gasteiger charge is 2.46. The van der Waals surface area contributed by atoms with Crippen LogP contribution in [-0.2, 0) is 11.7 Å². The van der Waals surface area contributed by atoms with Crippen molar-refractivity contribution in [3.63, 3.8) is 0 Å². The molecule has 2 aromatic carbocycles. The third kappa shape index (κ3) is 3.09. The fraction of sp³-hybridized carbons (Fsp3) is 0.316. The molecule has 4 nitrogen and oxygen atoms in total. The second-order valence-electron chi connectivity index (χ2n) is 6.47. The molecule has 1 aliphatic carbocycles. The van der Waals surface area contributed by atoms with Crippen molar-refractivity contribution in [3.05, 3.63) is 59.2 Å². The number of halogens is 3. The van der Waals surface area contributed by atoms with Crippen molar-refractivity contribution < 1.29 is 27.4 Å². The largest absolute Gasteiger partial charge is 0.486 e. The molecule has 1 saturated carbocycles. The molecule has 1 aliphatic heterocycles. The van der Waals surface area contributed by atoms with Crippen LogP contribution in [0, 0.1) is 0 Å². The lowest BCUT2D eigenvalue weighted by atomic mass is 10.0. The van der Waals surface area contributed by atoms with Crippen molar-refractivity contribution in [2.24, 2.45) is 0 Å². The summed E-state index contributed by atoms with van der Waals surface area (Å²) in [6, 6.07) is 9.77. The molecular formula is C19H16F3NO3. The molecule has 26 heavy (non-hydrogen) atoms. The average molecular weight is 363 g/mol. The zero-order valence-electron chi connectivity index (χ0n) is 13.7. The summed E-state index contributed by atoms with van der Waals surface area (Å²) in [6.45, 7) is 0.976. The van der Waals surface area contributed by atoms with E-state index < -0.39 is 23.2 Å². The molecular weight excluding hydrogens is 347 g/mol. The van der Waals surface area contributed by atoms with E-state index >= 15 is 0 Å². The van der Waals surface area contributed by atoms with Crippen LogP contribution >= 0.6 is 0 Å². The van der Waals surface area contributed by atoms with E-state index in [1.807, 2.05) is 18.2 Å². The summed E-state index contributed by atoms with van der Waals surface area (Å²) in [5, 5.41) is 2.95. The van der Waals surface area contributed by atoms with Crippen molar-refractivity contribution in [2.75, 3.05) is 13.2 Å². The van der Waals surface area contributed by atoms with E-state index in [0.29, 0.717) is 24.7 Å². The van der Waals surface area contributed by atoms with Crippen molar-refractivity contribution in [1.29, 1.82) is 0 Å². The van der Waals surface area contributed by atoms with Gasteiger partial charge in [0.25, 0.3) is 5.91 Å². The number of nitrogens with one attached hydrogen (secondary N) is 1. The highest BCUT2D eigenvalue weighted by atomic mass is 19.4. The molecule has 1 heterocycles. The molecule has 2 aromatic rings. The first-order valence-electron chi connectivity index (χ1n) is 8.27. The highest BCUT2D eigenvalue weighted by molar-refractivity contribution is 5.95. The van der Waals surface area contributed by atoms with E-state index in [2.05, 4.69) is 5.32 Å². The lowest BCUT2D eigenvalue weighted by molar-refractivity contribution is -0.137. The Balaban J connectivity index is 1.52. The minimum absolute atomic E-state index is 0.196. The molecule has 0 saturated heterocycles. The minimum Gasteiger partial charge on any atom is -0.486 e. The predicted octanol–water partition coefficient (Wildman–Crippen LogP) is 3.90. The topological polar surface area (TPSA) is 47.6 Å². The van der Waals surface area contributed by atoms with E-state index in [1.165, 1.54) is 12.1 Å². The second kappa shape index (κ2) is 5.93. The van der Waals surface area contributed by atoms with E-state index in [9.17, 15) is 18.0 Å². The Morgan fingerprint density at radius 3 is 2.23 bits per heavy atom. The van der Waals surface area contributed by atoms with E-state index in [1.54, 1.807) is 0 Å². The van der Waals surface area contributed by atoms with Gasteiger partial charge in [-0.2, -0.15) is 13.2 Å². The summed E-state index contributed by atoms with van der Waals surface area (Å²) in [5.41, 5.74) is -0.179. The maximum atomic E-state index is 12.6. The number of carbonyl (C=O) groups excluding carboxylic acids is 1. The number of hydrogen-bond acceptors (Lipinski definition) is 3. The van der Waals surface area contributed by atoms with E-state index in [4.69, 9.17) is 9.47 Å². The fourth-order valence-electron chi connectivity index (χ4n) is 3.05. The van der Waals surface area contributed by atoms with Gasteiger partial charge in [0.15, 0.2) is 11.5 Å². The highest BCUT2D eigenvalue weighted by Crippen LogP contribution is 2.48. The van der Waals surface area contributed by atoms with Crippen LogP contribution in [0.3, 0.4) is 0 Å². The number of amides is 1. The summed E-state index contributed by atoms with van der Waals surface area (Å²) in [5.74, 6) is 0.916. The number of alkyl halides is 3. The monoisotopic (exact) mass is 363 g/mol. The van der Waals surface area contributed by atoms with Crippen LogP contribution in [0.2, 0.25) is 0 Å². The van der Waals surface area contributed by atoms with Gasteiger partial charge in [0.2, 0.25) is 0 Å². The molecule has 0 atom stereocenters. The Labute approximate surface area is 147 Å². The normalized spacial score (nSPS) is 17.5. The standard InChI is InChI=1S/C19H16F3NO3/c20-19(21,22)13-3-1-12(2-4-13)17(24)23-18(7-8-18)14-5-6-15-16(11-14)26-10-9-25-15/h1-6,11H,7-10H2,(H,23,24). The molecule has 136 valence electrons. The number of carbonyl (C=O) groups is 1. The Hall–Kier alpha value is -2.70. The van der Waals surface area contributed by atoms with Gasteiger partial charge in [0.05, 0.1) is 11.1 Å².